The molecule has 0 aromatic rings. The van der Waals surface area contributed by atoms with Gasteiger partial charge in [-0.15, -0.1) is 11.6 Å². The van der Waals surface area contributed by atoms with E-state index in [1.54, 1.807) is 0 Å². The first-order chi connectivity index (χ1) is 3.31. The van der Waals surface area contributed by atoms with Crippen molar-refractivity contribution in [3.05, 3.63) is 0 Å². The van der Waals surface area contributed by atoms with Crippen molar-refractivity contribution >= 4 is 20.6 Å². The summed E-state index contributed by atoms with van der Waals surface area (Å²) in [6.07, 6.45) is 0. The van der Waals surface area contributed by atoms with Gasteiger partial charge in [-0.05, 0) is 13.5 Å². The van der Waals surface area contributed by atoms with Crippen LogP contribution < -0.4 is 0 Å². The van der Waals surface area contributed by atoms with Gasteiger partial charge in [-0.3, -0.25) is 0 Å². The van der Waals surface area contributed by atoms with E-state index in [1.165, 1.54) is 0 Å². The zero-order chi connectivity index (χ0) is 5.70. The summed E-state index contributed by atoms with van der Waals surface area (Å²) in [5, 5.41) is 0. The van der Waals surface area contributed by atoms with Crippen molar-refractivity contribution in [2.75, 3.05) is 12.1 Å². The highest BCUT2D eigenvalue weighted by Gasteiger charge is 1.98. The maximum atomic E-state index is 5.45. The molecule has 0 aliphatic carbocycles. The third-order valence-electron chi connectivity index (χ3n) is 0.579. The Bertz CT molecular complexity index is 42.7. The third kappa shape index (κ3) is 4.32. The van der Waals surface area contributed by atoms with Gasteiger partial charge in [0.15, 0.2) is 0 Å². The smallest absolute Gasteiger partial charge is 0.223 e. The van der Waals surface area contributed by atoms with Gasteiger partial charge in [-0.25, -0.2) is 0 Å². The SMILES string of the molecule is CCO[Si](C)CCl. The zero-order valence-corrected chi connectivity index (χ0v) is 6.46. The molecule has 0 spiro atoms. The fourth-order valence-electron chi connectivity index (χ4n) is 0.285. The van der Waals surface area contributed by atoms with Crippen LogP contribution in [0.5, 0.6) is 0 Å². The van der Waals surface area contributed by atoms with E-state index in [0.29, 0.717) is 5.50 Å². The predicted molar refractivity (Wildman–Crippen MR) is 34.0 cm³/mol. The molecule has 0 unspecified atom stereocenters. The summed E-state index contributed by atoms with van der Waals surface area (Å²) in [5.74, 6) is 0. The van der Waals surface area contributed by atoms with Gasteiger partial charge >= 0.3 is 0 Å². The molecule has 0 aliphatic rings. The van der Waals surface area contributed by atoms with Crippen LogP contribution in [0.2, 0.25) is 6.55 Å². The Balaban J connectivity index is 2.83. The molecule has 0 atom stereocenters. The Morgan fingerprint density at radius 2 is 2.29 bits per heavy atom. The molecule has 0 N–H and O–H groups in total. The number of rotatable bonds is 3. The van der Waals surface area contributed by atoms with E-state index >= 15 is 0 Å². The summed E-state index contributed by atoms with van der Waals surface area (Å²) in [4.78, 5) is 0. The van der Waals surface area contributed by atoms with E-state index in [0.717, 1.165) is 6.61 Å². The molecule has 0 heterocycles. The minimum Gasteiger partial charge on any atom is -0.416 e. The minimum atomic E-state index is -0.614. The second-order valence-electron chi connectivity index (χ2n) is 1.27. The van der Waals surface area contributed by atoms with Crippen LogP contribution in [0.15, 0.2) is 0 Å². The van der Waals surface area contributed by atoms with Gasteiger partial charge in [0.25, 0.3) is 0 Å². The second-order valence-corrected chi connectivity index (χ2v) is 4.03. The van der Waals surface area contributed by atoms with Crippen molar-refractivity contribution in [1.82, 2.24) is 0 Å². The Kier molecular flexibility index (Phi) is 4.93. The Morgan fingerprint density at radius 1 is 1.71 bits per heavy atom. The standard InChI is InChI=1S/C4H10ClOSi/c1-3-6-7(2)4-5/h3-4H2,1-2H3. The van der Waals surface area contributed by atoms with Crippen LogP contribution in [0.1, 0.15) is 6.92 Å². The molecule has 0 fully saturated rings. The van der Waals surface area contributed by atoms with Crippen molar-refractivity contribution in [3.8, 4) is 0 Å². The summed E-state index contributed by atoms with van der Waals surface area (Å²) >= 11 is 5.45. The van der Waals surface area contributed by atoms with Crippen molar-refractivity contribution < 1.29 is 4.43 Å². The highest BCUT2D eigenvalue weighted by Crippen LogP contribution is 1.86. The van der Waals surface area contributed by atoms with Gasteiger partial charge in [0.1, 0.15) is 0 Å². The van der Waals surface area contributed by atoms with Gasteiger partial charge in [0, 0.05) is 12.1 Å². The van der Waals surface area contributed by atoms with Gasteiger partial charge < -0.3 is 4.43 Å². The molecule has 1 nitrogen and oxygen atoms in total. The maximum absolute atomic E-state index is 5.45. The van der Waals surface area contributed by atoms with E-state index in [9.17, 15) is 0 Å². The Labute approximate surface area is 51.4 Å². The maximum Gasteiger partial charge on any atom is 0.223 e. The molecule has 0 saturated carbocycles. The molecule has 0 rings (SSSR count). The largest absolute Gasteiger partial charge is 0.416 e. The van der Waals surface area contributed by atoms with Crippen LogP contribution in [0.3, 0.4) is 0 Å². The van der Waals surface area contributed by atoms with Crippen LogP contribution >= 0.6 is 11.6 Å². The lowest BCUT2D eigenvalue weighted by Gasteiger charge is -2.01. The molecule has 0 saturated heterocycles. The molecule has 1 radical (unpaired) electrons. The lowest BCUT2D eigenvalue weighted by Crippen LogP contribution is -2.14. The lowest BCUT2D eigenvalue weighted by atomic mass is 10.9. The van der Waals surface area contributed by atoms with Gasteiger partial charge in [-0.1, -0.05) is 0 Å². The summed E-state index contributed by atoms with van der Waals surface area (Å²) in [7, 11) is -0.614. The van der Waals surface area contributed by atoms with Gasteiger partial charge in [-0.2, -0.15) is 0 Å². The first-order valence-corrected chi connectivity index (χ1v) is 4.97. The second kappa shape index (κ2) is 4.62. The number of hydrogen-bond donors (Lipinski definition) is 0. The van der Waals surface area contributed by atoms with Crippen molar-refractivity contribution in [2.24, 2.45) is 0 Å². The van der Waals surface area contributed by atoms with E-state index < -0.39 is 9.04 Å². The summed E-state index contributed by atoms with van der Waals surface area (Å²) in [5.41, 5.74) is 0.693. The van der Waals surface area contributed by atoms with E-state index in [1.807, 2.05) is 6.92 Å². The molecule has 0 aromatic heterocycles. The molecule has 3 heteroatoms. The van der Waals surface area contributed by atoms with E-state index in [4.69, 9.17) is 16.0 Å². The topological polar surface area (TPSA) is 9.23 Å². The number of halogens is 1. The predicted octanol–water partition coefficient (Wildman–Crippen LogP) is 1.42. The van der Waals surface area contributed by atoms with Gasteiger partial charge in [0.2, 0.25) is 9.04 Å². The van der Waals surface area contributed by atoms with Crippen LogP contribution in [-0.4, -0.2) is 21.2 Å². The van der Waals surface area contributed by atoms with Crippen LogP contribution in [-0.2, 0) is 4.43 Å². The highest BCUT2D eigenvalue weighted by molar-refractivity contribution is 6.60. The Hall–Kier alpha value is 0.467. The Morgan fingerprint density at radius 3 is 2.43 bits per heavy atom. The normalized spacial score (nSPS) is 10.3. The summed E-state index contributed by atoms with van der Waals surface area (Å²) in [6.45, 7) is 4.85. The third-order valence-corrected chi connectivity index (χ3v) is 2.87. The summed E-state index contributed by atoms with van der Waals surface area (Å²) < 4.78 is 5.16. The van der Waals surface area contributed by atoms with Crippen LogP contribution in [0, 0.1) is 0 Å². The molecular weight excluding hydrogens is 128 g/mol. The minimum absolute atomic E-state index is 0.614. The lowest BCUT2D eigenvalue weighted by molar-refractivity contribution is 0.349. The molecule has 43 valence electrons. The number of alkyl halides is 1. The quantitative estimate of drug-likeness (QED) is 0.423. The highest BCUT2D eigenvalue weighted by atomic mass is 35.5. The van der Waals surface area contributed by atoms with Crippen LogP contribution in [0.25, 0.3) is 0 Å². The molecule has 0 bridgehead atoms. The first kappa shape index (κ1) is 7.47. The number of hydrogen-bond acceptors (Lipinski definition) is 1. The molecule has 0 aliphatic heterocycles. The molecular formula is C4H10ClOSi. The van der Waals surface area contributed by atoms with E-state index in [2.05, 4.69) is 6.55 Å². The molecule has 0 aromatic carbocycles. The molecule has 0 amide bonds. The fraction of sp³-hybridized carbons (Fsp3) is 1.00. The van der Waals surface area contributed by atoms with Crippen molar-refractivity contribution in [1.29, 1.82) is 0 Å². The average Bonchev–Trinajstić information content (AvgIpc) is 1.68. The van der Waals surface area contributed by atoms with Gasteiger partial charge in [0.05, 0.1) is 0 Å². The average molecular weight is 138 g/mol. The van der Waals surface area contributed by atoms with Crippen molar-refractivity contribution in [3.63, 3.8) is 0 Å². The summed E-state index contributed by atoms with van der Waals surface area (Å²) in [6, 6.07) is 0. The fourth-order valence-corrected chi connectivity index (χ4v) is 1.09. The van der Waals surface area contributed by atoms with Crippen molar-refractivity contribution in [2.45, 2.75) is 13.5 Å². The van der Waals surface area contributed by atoms with E-state index in [-0.39, 0.29) is 0 Å². The molecule has 7 heavy (non-hydrogen) atoms. The monoisotopic (exact) mass is 137 g/mol. The first-order valence-electron chi connectivity index (χ1n) is 2.32. The zero-order valence-electron chi connectivity index (χ0n) is 4.70. The van der Waals surface area contributed by atoms with Crippen LogP contribution in [0.4, 0.5) is 0 Å².